The molecule has 2 heterocycles. The zero-order chi connectivity index (χ0) is 13.8. The van der Waals surface area contributed by atoms with E-state index in [0.29, 0.717) is 27.9 Å². The highest BCUT2D eigenvalue weighted by molar-refractivity contribution is 6.33. The molecule has 0 aliphatic carbocycles. The van der Waals surface area contributed by atoms with Crippen molar-refractivity contribution < 1.29 is 9.32 Å². The van der Waals surface area contributed by atoms with Gasteiger partial charge in [-0.2, -0.15) is 0 Å². The van der Waals surface area contributed by atoms with Crippen LogP contribution in [0.5, 0.6) is 0 Å². The number of hydrogen-bond acceptors (Lipinski definition) is 5. The van der Waals surface area contributed by atoms with Gasteiger partial charge >= 0.3 is 0 Å². The monoisotopic (exact) mass is 280 g/mol. The summed E-state index contributed by atoms with van der Waals surface area (Å²) in [5.74, 6) is 0.986. The molecule has 0 spiro atoms. The number of nitrogens with zero attached hydrogens (tertiary/aromatic N) is 2. The number of nitrogens with one attached hydrogen (secondary N) is 2. The number of carbonyl (C=O) groups is 1. The molecule has 0 saturated heterocycles. The molecule has 0 aromatic carbocycles. The summed E-state index contributed by atoms with van der Waals surface area (Å²) in [6.45, 7) is 2.07. The quantitative estimate of drug-likeness (QED) is 0.895. The molecule has 0 saturated carbocycles. The van der Waals surface area contributed by atoms with Crippen molar-refractivity contribution in [3.63, 3.8) is 0 Å². The number of aromatic nitrogens is 2. The van der Waals surface area contributed by atoms with Crippen LogP contribution in [0.15, 0.2) is 22.9 Å². The van der Waals surface area contributed by atoms with Crippen LogP contribution in [0.2, 0.25) is 5.02 Å². The lowest BCUT2D eigenvalue weighted by Crippen LogP contribution is -2.23. The molecule has 0 aliphatic heterocycles. The Balaban J connectivity index is 2.07. The zero-order valence-corrected chi connectivity index (χ0v) is 11.3. The number of rotatable bonds is 4. The maximum atomic E-state index is 12.0. The van der Waals surface area contributed by atoms with Crippen LogP contribution in [0.3, 0.4) is 0 Å². The SMILES string of the molecule is CNc1cc(C(=O)NCc2cc(C)on2)c(Cl)cn1. The van der Waals surface area contributed by atoms with Gasteiger partial charge < -0.3 is 15.2 Å². The summed E-state index contributed by atoms with van der Waals surface area (Å²) in [5.41, 5.74) is 1.02. The summed E-state index contributed by atoms with van der Waals surface area (Å²) in [6.07, 6.45) is 1.43. The van der Waals surface area contributed by atoms with Gasteiger partial charge in [0.15, 0.2) is 0 Å². The third-order valence-electron chi connectivity index (χ3n) is 2.46. The fourth-order valence-electron chi connectivity index (χ4n) is 1.52. The first-order valence-electron chi connectivity index (χ1n) is 5.64. The maximum absolute atomic E-state index is 12.0. The fourth-order valence-corrected chi connectivity index (χ4v) is 1.71. The smallest absolute Gasteiger partial charge is 0.253 e. The van der Waals surface area contributed by atoms with Crippen molar-refractivity contribution in [1.82, 2.24) is 15.5 Å². The van der Waals surface area contributed by atoms with E-state index >= 15 is 0 Å². The van der Waals surface area contributed by atoms with Gasteiger partial charge in [0.25, 0.3) is 5.91 Å². The van der Waals surface area contributed by atoms with Crippen LogP contribution in [-0.4, -0.2) is 23.1 Å². The van der Waals surface area contributed by atoms with Gasteiger partial charge in [-0.05, 0) is 13.0 Å². The Morgan fingerprint density at radius 3 is 2.89 bits per heavy atom. The topological polar surface area (TPSA) is 80.0 Å². The molecule has 2 aromatic heterocycles. The lowest BCUT2D eigenvalue weighted by Gasteiger charge is -2.06. The lowest BCUT2D eigenvalue weighted by molar-refractivity contribution is 0.0950. The summed E-state index contributed by atoms with van der Waals surface area (Å²) >= 11 is 5.95. The van der Waals surface area contributed by atoms with E-state index in [1.807, 2.05) is 0 Å². The number of amides is 1. The van der Waals surface area contributed by atoms with Crippen LogP contribution in [0.25, 0.3) is 0 Å². The van der Waals surface area contributed by atoms with E-state index in [2.05, 4.69) is 20.8 Å². The molecule has 2 aromatic rings. The number of halogens is 1. The standard InChI is InChI=1S/C12H13ClN4O2/c1-7-3-8(17-19-7)5-16-12(18)9-4-11(14-2)15-6-10(9)13/h3-4,6H,5H2,1-2H3,(H,14,15)(H,16,18). The van der Waals surface area contributed by atoms with Crippen molar-refractivity contribution >= 4 is 23.3 Å². The molecule has 0 unspecified atom stereocenters. The molecule has 0 fully saturated rings. The van der Waals surface area contributed by atoms with Crippen molar-refractivity contribution in [2.24, 2.45) is 0 Å². The van der Waals surface area contributed by atoms with E-state index in [4.69, 9.17) is 16.1 Å². The number of carbonyl (C=O) groups excluding carboxylic acids is 1. The molecule has 0 radical (unpaired) electrons. The van der Waals surface area contributed by atoms with Gasteiger partial charge in [-0.25, -0.2) is 4.98 Å². The predicted octanol–water partition coefficient (Wildman–Crippen LogP) is 2.00. The van der Waals surface area contributed by atoms with Gasteiger partial charge in [-0.3, -0.25) is 4.79 Å². The van der Waals surface area contributed by atoms with Crippen LogP contribution < -0.4 is 10.6 Å². The van der Waals surface area contributed by atoms with Gasteiger partial charge in [0.05, 0.1) is 17.1 Å². The molecule has 7 heteroatoms. The molecule has 0 atom stereocenters. The molecule has 2 rings (SSSR count). The van der Waals surface area contributed by atoms with Crippen LogP contribution in [0, 0.1) is 6.92 Å². The van der Waals surface area contributed by atoms with E-state index in [1.54, 1.807) is 26.1 Å². The first-order valence-corrected chi connectivity index (χ1v) is 6.01. The van der Waals surface area contributed by atoms with Gasteiger partial charge in [-0.15, -0.1) is 0 Å². The molecule has 6 nitrogen and oxygen atoms in total. The van der Waals surface area contributed by atoms with Crippen molar-refractivity contribution in [2.75, 3.05) is 12.4 Å². The van der Waals surface area contributed by atoms with Crippen LogP contribution in [0.4, 0.5) is 5.82 Å². The van der Waals surface area contributed by atoms with E-state index in [-0.39, 0.29) is 12.5 Å². The highest BCUT2D eigenvalue weighted by Crippen LogP contribution is 2.17. The van der Waals surface area contributed by atoms with Crippen LogP contribution >= 0.6 is 11.6 Å². The zero-order valence-electron chi connectivity index (χ0n) is 10.5. The Kier molecular flexibility index (Phi) is 4.01. The van der Waals surface area contributed by atoms with Crippen molar-refractivity contribution in [2.45, 2.75) is 13.5 Å². The minimum absolute atomic E-state index is 0.281. The first kappa shape index (κ1) is 13.4. The number of anilines is 1. The van der Waals surface area contributed by atoms with Gasteiger partial charge in [0, 0.05) is 19.3 Å². The minimum Gasteiger partial charge on any atom is -0.373 e. The third-order valence-corrected chi connectivity index (χ3v) is 2.76. The predicted molar refractivity (Wildman–Crippen MR) is 71.2 cm³/mol. The van der Waals surface area contributed by atoms with E-state index in [0.717, 1.165) is 0 Å². The third kappa shape index (κ3) is 3.23. The average Bonchev–Trinajstić information content (AvgIpc) is 2.82. The molecular weight excluding hydrogens is 268 g/mol. The molecule has 0 bridgehead atoms. The Hall–Kier alpha value is -2.08. The lowest BCUT2D eigenvalue weighted by atomic mass is 10.2. The largest absolute Gasteiger partial charge is 0.373 e. The van der Waals surface area contributed by atoms with Crippen molar-refractivity contribution in [1.29, 1.82) is 0 Å². The summed E-state index contributed by atoms with van der Waals surface area (Å²) in [6, 6.07) is 3.35. The summed E-state index contributed by atoms with van der Waals surface area (Å²) < 4.78 is 4.92. The highest BCUT2D eigenvalue weighted by Gasteiger charge is 2.12. The number of pyridine rings is 1. The molecular formula is C12H13ClN4O2. The second-order valence-corrected chi connectivity index (χ2v) is 4.32. The van der Waals surface area contributed by atoms with Crippen LogP contribution in [0.1, 0.15) is 21.8 Å². The highest BCUT2D eigenvalue weighted by atomic mass is 35.5. The second kappa shape index (κ2) is 5.71. The second-order valence-electron chi connectivity index (χ2n) is 3.91. The van der Waals surface area contributed by atoms with E-state index in [9.17, 15) is 4.79 Å². The Bertz CT molecular complexity index is 597. The Morgan fingerprint density at radius 2 is 2.26 bits per heavy atom. The summed E-state index contributed by atoms with van der Waals surface area (Å²) in [4.78, 5) is 16.0. The van der Waals surface area contributed by atoms with E-state index in [1.165, 1.54) is 6.20 Å². The first-order chi connectivity index (χ1) is 9.10. The summed E-state index contributed by atoms with van der Waals surface area (Å²) in [7, 11) is 1.72. The van der Waals surface area contributed by atoms with Gasteiger partial charge in [0.1, 0.15) is 17.3 Å². The fraction of sp³-hybridized carbons (Fsp3) is 0.250. The Labute approximate surface area is 115 Å². The molecule has 2 N–H and O–H groups in total. The Morgan fingerprint density at radius 1 is 1.47 bits per heavy atom. The van der Waals surface area contributed by atoms with Crippen molar-refractivity contribution in [3.05, 3.63) is 40.4 Å². The minimum atomic E-state index is -0.287. The average molecular weight is 281 g/mol. The van der Waals surface area contributed by atoms with Crippen LogP contribution in [-0.2, 0) is 6.54 Å². The molecule has 19 heavy (non-hydrogen) atoms. The molecule has 0 aliphatic rings. The molecule has 100 valence electrons. The van der Waals surface area contributed by atoms with Gasteiger partial charge in [-0.1, -0.05) is 16.8 Å². The number of hydrogen-bond donors (Lipinski definition) is 2. The molecule has 1 amide bonds. The number of aryl methyl sites for hydroxylation is 1. The normalized spacial score (nSPS) is 10.3. The maximum Gasteiger partial charge on any atom is 0.253 e. The summed E-state index contributed by atoms with van der Waals surface area (Å²) in [5, 5.41) is 9.66. The van der Waals surface area contributed by atoms with Crippen molar-refractivity contribution in [3.8, 4) is 0 Å². The van der Waals surface area contributed by atoms with E-state index < -0.39 is 0 Å². The van der Waals surface area contributed by atoms with Gasteiger partial charge in [0.2, 0.25) is 0 Å².